The average molecular weight is 443 g/mol. The van der Waals surface area contributed by atoms with E-state index in [1.165, 1.54) is 0 Å². The van der Waals surface area contributed by atoms with E-state index in [9.17, 15) is 9.59 Å². The van der Waals surface area contributed by atoms with Crippen LogP contribution in [0.15, 0.2) is 47.1 Å². The van der Waals surface area contributed by atoms with Crippen molar-refractivity contribution in [2.45, 2.75) is 58.2 Å². The van der Waals surface area contributed by atoms with E-state index in [4.69, 9.17) is 13.9 Å². The van der Waals surface area contributed by atoms with Gasteiger partial charge in [0, 0.05) is 18.7 Å². The summed E-state index contributed by atoms with van der Waals surface area (Å²) >= 11 is 0. The molecule has 7 nitrogen and oxygen atoms in total. The smallest absolute Gasteiger partial charge is 0.242 e. The molecular formula is C25H34N2O5. The van der Waals surface area contributed by atoms with Crippen molar-refractivity contribution < 1.29 is 23.5 Å². The van der Waals surface area contributed by atoms with Crippen molar-refractivity contribution in [3.8, 4) is 5.75 Å². The van der Waals surface area contributed by atoms with E-state index < -0.39 is 5.54 Å². The summed E-state index contributed by atoms with van der Waals surface area (Å²) in [6.07, 6.45) is 3.78. The fourth-order valence-electron chi connectivity index (χ4n) is 3.83. The first-order chi connectivity index (χ1) is 15.3. The molecule has 1 aliphatic rings. The van der Waals surface area contributed by atoms with Crippen molar-refractivity contribution >= 4 is 11.8 Å². The second-order valence-electron chi connectivity index (χ2n) is 9.16. The van der Waals surface area contributed by atoms with Gasteiger partial charge in [-0.05, 0) is 63.4 Å². The quantitative estimate of drug-likeness (QED) is 0.593. The highest BCUT2D eigenvalue weighted by atomic mass is 16.5. The third kappa shape index (κ3) is 6.60. The Morgan fingerprint density at radius 2 is 1.88 bits per heavy atom. The molecule has 0 saturated carbocycles. The predicted octanol–water partition coefficient (Wildman–Crippen LogP) is 3.67. The van der Waals surface area contributed by atoms with Crippen molar-refractivity contribution in [2.75, 3.05) is 26.8 Å². The normalized spacial score (nSPS) is 16.1. The number of nitrogens with zero attached hydrogens (tertiary/aromatic N) is 2. The molecule has 0 spiro atoms. The minimum Gasteiger partial charge on any atom is -0.497 e. The standard InChI is InChI=1S/C25H34N2O5/c1-25(2,3)27(23(28)15-19-9-11-20(30-4)12-10-19)18-24(29)26(16-21-7-5-13-31-21)17-22-8-6-14-32-22/h5,7,9-13,22H,6,8,14-18H2,1-4H3/t22-/m1/s1. The summed E-state index contributed by atoms with van der Waals surface area (Å²) in [5.41, 5.74) is 0.378. The number of amides is 2. The molecular weight excluding hydrogens is 408 g/mol. The van der Waals surface area contributed by atoms with Crippen molar-refractivity contribution in [2.24, 2.45) is 0 Å². The minimum absolute atomic E-state index is 0.00587. The molecule has 1 aromatic carbocycles. The first kappa shape index (κ1) is 23.9. The summed E-state index contributed by atoms with van der Waals surface area (Å²) in [6.45, 7) is 7.42. The zero-order valence-corrected chi connectivity index (χ0v) is 19.5. The highest BCUT2D eigenvalue weighted by Crippen LogP contribution is 2.20. The summed E-state index contributed by atoms with van der Waals surface area (Å²) in [4.78, 5) is 30.0. The number of ether oxygens (including phenoxy) is 2. The van der Waals surface area contributed by atoms with Crippen LogP contribution in [0.3, 0.4) is 0 Å². The maximum atomic E-state index is 13.4. The third-order valence-corrected chi connectivity index (χ3v) is 5.65. The Bertz CT molecular complexity index is 865. The molecule has 0 N–H and O–H groups in total. The second-order valence-corrected chi connectivity index (χ2v) is 9.16. The number of benzene rings is 1. The molecule has 2 heterocycles. The van der Waals surface area contributed by atoms with Crippen LogP contribution in [0.5, 0.6) is 5.75 Å². The van der Waals surface area contributed by atoms with Crippen LogP contribution in [0.2, 0.25) is 0 Å². The van der Waals surface area contributed by atoms with Gasteiger partial charge in [0.15, 0.2) is 0 Å². The van der Waals surface area contributed by atoms with Gasteiger partial charge < -0.3 is 23.7 Å². The zero-order valence-electron chi connectivity index (χ0n) is 19.5. The van der Waals surface area contributed by atoms with E-state index >= 15 is 0 Å². The highest BCUT2D eigenvalue weighted by molar-refractivity contribution is 5.86. The van der Waals surface area contributed by atoms with Crippen LogP contribution in [-0.2, 0) is 27.3 Å². The van der Waals surface area contributed by atoms with Crippen LogP contribution >= 0.6 is 0 Å². The summed E-state index contributed by atoms with van der Waals surface area (Å²) < 4.78 is 16.4. The molecule has 0 unspecified atom stereocenters. The molecule has 0 radical (unpaired) electrons. The van der Waals surface area contributed by atoms with Gasteiger partial charge in [-0.25, -0.2) is 0 Å². The largest absolute Gasteiger partial charge is 0.497 e. The summed E-state index contributed by atoms with van der Waals surface area (Å²) in [7, 11) is 1.61. The van der Waals surface area contributed by atoms with Gasteiger partial charge in [-0.15, -0.1) is 0 Å². The number of methoxy groups -OCH3 is 1. The Morgan fingerprint density at radius 1 is 1.12 bits per heavy atom. The lowest BCUT2D eigenvalue weighted by Crippen LogP contribution is -2.52. The van der Waals surface area contributed by atoms with Crippen molar-refractivity contribution in [3.63, 3.8) is 0 Å². The SMILES string of the molecule is COc1ccc(CC(=O)N(CC(=O)N(Cc2ccco2)C[C@H]2CCCO2)C(C)(C)C)cc1. The molecule has 32 heavy (non-hydrogen) atoms. The maximum absolute atomic E-state index is 13.4. The fourth-order valence-corrected chi connectivity index (χ4v) is 3.83. The number of furan rings is 1. The monoisotopic (exact) mass is 442 g/mol. The van der Waals surface area contributed by atoms with Gasteiger partial charge in [-0.2, -0.15) is 0 Å². The molecule has 7 heteroatoms. The first-order valence-electron chi connectivity index (χ1n) is 11.1. The van der Waals surface area contributed by atoms with Crippen LogP contribution in [-0.4, -0.2) is 60.1 Å². The van der Waals surface area contributed by atoms with Crippen LogP contribution in [0, 0.1) is 0 Å². The highest BCUT2D eigenvalue weighted by Gasteiger charge is 2.31. The topological polar surface area (TPSA) is 72.2 Å². The maximum Gasteiger partial charge on any atom is 0.242 e. The van der Waals surface area contributed by atoms with Crippen molar-refractivity contribution in [1.82, 2.24) is 9.80 Å². The third-order valence-electron chi connectivity index (χ3n) is 5.65. The van der Waals surface area contributed by atoms with E-state index in [2.05, 4.69) is 0 Å². The lowest BCUT2D eigenvalue weighted by molar-refractivity contribution is -0.145. The molecule has 174 valence electrons. The molecule has 0 bridgehead atoms. The van der Waals surface area contributed by atoms with Crippen LogP contribution < -0.4 is 4.74 Å². The Kier molecular flexibility index (Phi) is 7.96. The Hall–Kier alpha value is -2.80. The Labute approximate surface area is 190 Å². The van der Waals surface area contributed by atoms with Crippen molar-refractivity contribution in [1.29, 1.82) is 0 Å². The molecule has 1 atom stereocenters. The van der Waals surface area contributed by atoms with Crippen molar-refractivity contribution in [3.05, 3.63) is 54.0 Å². The molecule has 2 amide bonds. The molecule has 1 aromatic heterocycles. The average Bonchev–Trinajstić information content (AvgIpc) is 3.45. The van der Waals surface area contributed by atoms with E-state index in [-0.39, 0.29) is 30.9 Å². The molecule has 1 saturated heterocycles. The molecule has 0 aliphatic carbocycles. The van der Waals surface area contributed by atoms with E-state index in [0.29, 0.717) is 18.8 Å². The number of carbonyl (C=O) groups is 2. The lowest BCUT2D eigenvalue weighted by Gasteiger charge is -2.37. The van der Waals surface area contributed by atoms with Crippen LogP contribution in [0.25, 0.3) is 0 Å². The number of carbonyl (C=O) groups excluding carboxylic acids is 2. The van der Waals surface area contributed by atoms with E-state index in [1.807, 2.05) is 57.2 Å². The van der Waals surface area contributed by atoms with Gasteiger partial charge in [0.2, 0.25) is 11.8 Å². The fraction of sp³-hybridized carbons (Fsp3) is 0.520. The van der Waals surface area contributed by atoms with Gasteiger partial charge >= 0.3 is 0 Å². The summed E-state index contributed by atoms with van der Waals surface area (Å²) in [6, 6.07) is 11.1. The van der Waals surface area contributed by atoms with Gasteiger partial charge in [-0.1, -0.05) is 12.1 Å². The molecule has 3 rings (SSSR count). The lowest BCUT2D eigenvalue weighted by atomic mass is 10.0. The van der Waals surface area contributed by atoms with Gasteiger partial charge in [-0.3, -0.25) is 9.59 Å². The summed E-state index contributed by atoms with van der Waals surface area (Å²) in [5.74, 6) is 1.25. The number of rotatable bonds is 9. The Balaban J connectivity index is 1.71. The molecule has 1 aliphatic heterocycles. The predicted molar refractivity (Wildman–Crippen MR) is 121 cm³/mol. The van der Waals surface area contributed by atoms with Crippen LogP contribution in [0.1, 0.15) is 44.9 Å². The minimum atomic E-state index is -0.501. The number of hydrogen-bond acceptors (Lipinski definition) is 5. The number of hydrogen-bond donors (Lipinski definition) is 0. The van der Waals surface area contributed by atoms with Gasteiger partial charge in [0.05, 0.1) is 32.4 Å². The van der Waals surface area contributed by atoms with E-state index in [0.717, 1.165) is 30.8 Å². The zero-order chi connectivity index (χ0) is 23.1. The molecule has 2 aromatic rings. The molecule has 1 fully saturated rings. The van der Waals surface area contributed by atoms with Crippen LogP contribution in [0.4, 0.5) is 0 Å². The second kappa shape index (κ2) is 10.7. The van der Waals surface area contributed by atoms with Gasteiger partial charge in [0.1, 0.15) is 18.1 Å². The summed E-state index contributed by atoms with van der Waals surface area (Å²) in [5, 5.41) is 0. The van der Waals surface area contributed by atoms with Gasteiger partial charge in [0.25, 0.3) is 0 Å². The first-order valence-corrected chi connectivity index (χ1v) is 11.1. The Morgan fingerprint density at radius 3 is 2.44 bits per heavy atom. The van der Waals surface area contributed by atoms with E-state index in [1.54, 1.807) is 23.2 Å².